The number of rotatable bonds is 23. The predicted octanol–water partition coefficient (Wildman–Crippen LogP) is 8.30. The Hall–Kier alpha value is -8.59. The molecular formula is C60H63BrN8O12. The summed E-state index contributed by atoms with van der Waals surface area (Å²) in [6.45, 7) is 5.90. The second-order valence-electron chi connectivity index (χ2n) is 20.3. The van der Waals surface area contributed by atoms with Gasteiger partial charge in [0.05, 0.1) is 73.6 Å². The molecule has 0 aliphatic carbocycles. The maximum atomic E-state index is 14.1. The summed E-state index contributed by atoms with van der Waals surface area (Å²) in [5.41, 5.74) is 5.93. The number of halogens is 1. The smallest absolute Gasteiger partial charge is 0.267 e. The van der Waals surface area contributed by atoms with E-state index in [1.54, 1.807) is 86.5 Å². The van der Waals surface area contributed by atoms with Crippen molar-refractivity contribution < 1.29 is 57.2 Å². The molecule has 0 radical (unpaired) electrons. The Morgan fingerprint density at radius 3 is 1.68 bits per heavy atom. The number of nitrogens with one attached hydrogen (secondary N) is 3. The number of imide groups is 1. The Bertz CT molecular complexity index is 3300. The van der Waals surface area contributed by atoms with E-state index in [-0.39, 0.29) is 78.2 Å². The van der Waals surface area contributed by atoms with Gasteiger partial charge in [-0.25, -0.2) is 0 Å². The highest BCUT2D eigenvalue weighted by Crippen LogP contribution is 2.42. The molecule has 4 aromatic rings. The Kier molecular flexibility index (Phi) is 17.8. The molecule has 2 unspecified atom stereocenters. The molecule has 20 nitrogen and oxygen atoms in total. The fourth-order valence-electron chi connectivity index (χ4n) is 9.96. The number of carbonyl (C=O) groups is 7. The lowest BCUT2D eigenvalue weighted by Crippen LogP contribution is -2.53. The molecule has 0 saturated carbocycles. The minimum atomic E-state index is -0.930. The average Bonchev–Trinajstić information content (AvgIpc) is 4.23. The quantitative estimate of drug-likeness (QED) is 0.0470. The highest BCUT2D eigenvalue weighted by atomic mass is 79.9. The van der Waals surface area contributed by atoms with Gasteiger partial charge in [0.1, 0.15) is 17.8 Å². The maximum absolute atomic E-state index is 14.1. The molecule has 0 saturated heterocycles. The van der Waals surface area contributed by atoms with Crippen LogP contribution < -0.4 is 39.6 Å². The van der Waals surface area contributed by atoms with E-state index in [0.29, 0.717) is 89.7 Å². The van der Waals surface area contributed by atoms with Crippen molar-refractivity contribution in [1.82, 2.24) is 25.3 Å². The number of aliphatic imine (C=N–C) groups is 2. The highest BCUT2D eigenvalue weighted by Gasteiger charge is 2.36. The zero-order chi connectivity index (χ0) is 57.5. The number of carbonyl (C=O) groups excluding carboxylic acids is 7. The van der Waals surface area contributed by atoms with Crippen LogP contribution in [0.25, 0.3) is 11.1 Å². The van der Waals surface area contributed by atoms with E-state index in [0.717, 1.165) is 32.9 Å². The van der Waals surface area contributed by atoms with E-state index in [2.05, 4.69) is 31.9 Å². The summed E-state index contributed by atoms with van der Waals surface area (Å²) in [5.74, 6) is -0.363. The van der Waals surface area contributed by atoms with Gasteiger partial charge in [-0.3, -0.25) is 48.4 Å². The molecule has 0 spiro atoms. The molecule has 422 valence electrons. The van der Waals surface area contributed by atoms with Crippen LogP contribution in [0.4, 0.5) is 17.1 Å². The average molecular weight is 1170 g/mol. The second-order valence-corrected chi connectivity index (χ2v) is 21.2. The van der Waals surface area contributed by atoms with Gasteiger partial charge in [-0.05, 0) is 100 Å². The van der Waals surface area contributed by atoms with Crippen LogP contribution in [-0.2, 0) is 24.0 Å². The lowest BCUT2D eigenvalue weighted by atomic mass is 10.0. The van der Waals surface area contributed by atoms with Crippen molar-refractivity contribution in [3.8, 4) is 28.7 Å². The Morgan fingerprint density at radius 1 is 0.642 bits per heavy atom. The summed E-state index contributed by atoms with van der Waals surface area (Å²) in [5, 5.41) is 8.34. The van der Waals surface area contributed by atoms with Gasteiger partial charge in [0.25, 0.3) is 23.6 Å². The first-order valence-corrected chi connectivity index (χ1v) is 27.6. The molecule has 0 fully saturated rings. The standard InChI is InChI=1S/C60H63BrN8O12/c1-34(2)55(66-53(70)11-8-7-9-20-67-54(71)27-46(61)60(67)76)57(73)64-35(3)56(72)65-40-16-12-36(13-17-40)38-23-41-30-62-47-28-51(49(78-5)25-44(47)58(74)68(41)32-38)80-21-10-22-81-52-29-48-45(26-50(52)79-6)59(75)69-33-39(24-42(69)31-63-48)37-14-18-43(77-4)19-15-37/h12-19,25-35,41-42,55H,7-11,20-24H2,1-6H3,(H,64,73)(H,65,72)(H,66,70)/t35?,41-,42-,55?/m0/s1. The first-order valence-electron chi connectivity index (χ1n) is 26.8. The van der Waals surface area contributed by atoms with Crippen LogP contribution in [0.1, 0.15) is 97.6 Å². The van der Waals surface area contributed by atoms with E-state index in [4.69, 9.17) is 33.7 Å². The van der Waals surface area contributed by atoms with E-state index in [1.807, 2.05) is 48.8 Å². The van der Waals surface area contributed by atoms with Crippen molar-refractivity contribution in [2.45, 2.75) is 89.9 Å². The number of nitrogens with zero attached hydrogens (tertiary/aromatic N) is 5. The molecule has 5 aliphatic heterocycles. The van der Waals surface area contributed by atoms with Gasteiger partial charge >= 0.3 is 0 Å². The maximum Gasteiger partial charge on any atom is 0.267 e. The molecule has 0 aromatic heterocycles. The molecule has 81 heavy (non-hydrogen) atoms. The molecule has 5 aliphatic rings. The molecular weight excluding hydrogens is 1100 g/mol. The number of unbranched alkanes of at least 4 members (excludes halogenated alkanes) is 2. The van der Waals surface area contributed by atoms with Crippen molar-refractivity contribution in [3.05, 3.63) is 118 Å². The van der Waals surface area contributed by atoms with Crippen LogP contribution in [-0.4, -0.2) is 134 Å². The van der Waals surface area contributed by atoms with Crippen molar-refractivity contribution in [2.75, 3.05) is 46.4 Å². The van der Waals surface area contributed by atoms with Gasteiger partial charge in [0.15, 0.2) is 23.0 Å². The largest absolute Gasteiger partial charge is 0.497 e. The predicted molar refractivity (Wildman–Crippen MR) is 308 cm³/mol. The number of anilines is 1. The van der Waals surface area contributed by atoms with Crippen LogP contribution in [0, 0.1) is 5.92 Å². The number of methoxy groups -OCH3 is 3. The zero-order valence-corrected chi connectivity index (χ0v) is 47.4. The van der Waals surface area contributed by atoms with Crippen molar-refractivity contribution in [3.63, 3.8) is 0 Å². The summed E-state index contributed by atoms with van der Waals surface area (Å²) in [4.78, 5) is 105. The minimum Gasteiger partial charge on any atom is -0.497 e. The summed E-state index contributed by atoms with van der Waals surface area (Å²) < 4.78 is 29.2. The third-order valence-electron chi connectivity index (χ3n) is 14.5. The summed E-state index contributed by atoms with van der Waals surface area (Å²) in [6.07, 6.45) is 11.8. The Morgan fingerprint density at radius 2 is 1.19 bits per heavy atom. The van der Waals surface area contributed by atoms with Gasteiger partial charge in [-0.2, -0.15) is 0 Å². The number of hydrogen-bond donors (Lipinski definition) is 3. The number of amides is 7. The van der Waals surface area contributed by atoms with Crippen molar-refractivity contribution >= 4 is 97.9 Å². The van der Waals surface area contributed by atoms with Gasteiger partial charge < -0.3 is 49.4 Å². The Balaban J connectivity index is 0.736. The lowest BCUT2D eigenvalue weighted by molar-refractivity contribution is -0.137. The summed E-state index contributed by atoms with van der Waals surface area (Å²) >= 11 is 3.08. The zero-order valence-electron chi connectivity index (χ0n) is 45.8. The molecule has 21 heteroatoms. The van der Waals surface area contributed by atoms with Crippen molar-refractivity contribution in [1.29, 1.82) is 0 Å². The lowest BCUT2D eigenvalue weighted by Gasteiger charge is -2.24. The molecule has 4 atom stereocenters. The topological polar surface area (TPSA) is 236 Å². The van der Waals surface area contributed by atoms with Crippen LogP contribution in [0.3, 0.4) is 0 Å². The van der Waals surface area contributed by atoms with Crippen molar-refractivity contribution in [2.24, 2.45) is 15.9 Å². The third kappa shape index (κ3) is 12.9. The molecule has 3 N–H and O–H groups in total. The van der Waals surface area contributed by atoms with Crippen LogP contribution in [0.15, 0.2) is 106 Å². The molecule has 9 rings (SSSR count). The van der Waals surface area contributed by atoms with Crippen LogP contribution >= 0.6 is 15.9 Å². The Labute approximate surface area is 477 Å². The van der Waals surface area contributed by atoms with E-state index in [1.165, 1.54) is 20.3 Å². The van der Waals surface area contributed by atoms with Gasteiger partial charge in [0.2, 0.25) is 17.7 Å². The molecule has 7 amide bonds. The molecule has 4 aromatic carbocycles. The SMILES string of the molecule is COc1ccc(C2=CN3C(=O)c4cc(OC)c(OCCCOc5cc6c(cc5OC)C(=O)N5C=C(c7ccc(NC(=O)C(C)NC(=O)C(NC(=O)CCCCCN8C(=O)C=C(Br)C8=O)C(C)C)cc7)C[C@H]5C=N6)cc4N=C[C@@H]3C2)cc1. The van der Waals surface area contributed by atoms with Gasteiger partial charge in [-0.1, -0.05) is 44.5 Å². The first kappa shape index (κ1) is 57.1. The van der Waals surface area contributed by atoms with Gasteiger partial charge in [0, 0.05) is 81.0 Å². The van der Waals surface area contributed by atoms with E-state index in [9.17, 15) is 33.6 Å². The van der Waals surface area contributed by atoms with Crippen LogP contribution in [0.5, 0.6) is 28.7 Å². The van der Waals surface area contributed by atoms with E-state index < -0.39 is 23.9 Å². The highest BCUT2D eigenvalue weighted by molar-refractivity contribution is 9.12. The normalized spacial score (nSPS) is 17.7. The monoisotopic (exact) mass is 1170 g/mol. The summed E-state index contributed by atoms with van der Waals surface area (Å²) in [7, 11) is 4.65. The fraction of sp³-hybridized carbons (Fsp3) is 0.350. The molecule has 5 heterocycles. The van der Waals surface area contributed by atoms with E-state index >= 15 is 0 Å². The third-order valence-corrected chi connectivity index (χ3v) is 15.1. The minimum absolute atomic E-state index is 0.152. The van der Waals surface area contributed by atoms with Crippen LogP contribution in [0.2, 0.25) is 0 Å². The summed E-state index contributed by atoms with van der Waals surface area (Å²) in [6, 6.07) is 19.2. The number of hydrogen-bond acceptors (Lipinski definition) is 14. The second kappa shape index (κ2) is 25.2. The number of ether oxygens (including phenoxy) is 5. The number of benzene rings is 4. The van der Waals surface area contributed by atoms with Gasteiger partial charge in [-0.15, -0.1) is 0 Å². The fourth-order valence-corrected chi connectivity index (χ4v) is 10.4. The molecule has 0 bridgehead atoms. The number of fused-ring (bicyclic) bond motifs is 4. The first-order chi connectivity index (χ1) is 39.0.